The first kappa shape index (κ1) is 11.4. The Balaban J connectivity index is 2.82. The smallest absolute Gasteiger partial charge is 0.265 e. The van der Waals surface area contributed by atoms with Gasteiger partial charge in [0.25, 0.3) is 0 Å². The summed E-state index contributed by atoms with van der Waals surface area (Å²) in [7, 11) is 1.65. The van der Waals surface area contributed by atoms with Gasteiger partial charge in [-0.05, 0) is 12.2 Å². The molecule has 0 unspecified atom stereocenters. The van der Waals surface area contributed by atoms with Gasteiger partial charge in [-0.2, -0.15) is 17.6 Å². The van der Waals surface area contributed by atoms with Crippen LogP contribution in [0.15, 0.2) is 14.7 Å². The second-order valence-electron chi connectivity index (χ2n) is 2.63. The van der Waals surface area contributed by atoms with Gasteiger partial charge < -0.3 is 0 Å². The fourth-order valence-electron chi connectivity index (χ4n) is 0.818. The first-order valence-corrected chi connectivity index (χ1v) is 5.68. The van der Waals surface area contributed by atoms with Crippen LogP contribution in [0, 0.1) is 0 Å². The summed E-state index contributed by atoms with van der Waals surface area (Å²) in [6, 6.07) is 0. The fraction of sp³-hybridized carbons (Fsp3) is 0.571. The first-order chi connectivity index (χ1) is 6.65. The highest BCUT2D eigenvalue weighted by molar-refractivity contribution is 7.99. The number of aromatic amines is 1. The molecule has 1 rings (SSSR count). The van der Waals surface area contributed by atoms with Gasteiger partial charge in [0.15, 0.2) is 5.16 Å². The maximum atomic E-state index is 10.9. The minimum absolute atomic E-state index is 0.524. The van der Waals surface area contributed by atoms with Crippen LogP contribution >= 0.6 is 24.4 Å². The van der Waals surface area contributed by atoms with Gasteiger partial charge in [-0.15, -0.1) is 0 Å². The Labute approximate surface area is 90.3 Å². The van der Waals surface area contributed by atoms with E-state index in [9.17, 15) is 9.59 Å². The van der Waals surface area contributed by atoms with Crippen LogP contribution in [-0.2, 0) is 7.05 Å². The van der Waals surface area contributed by atoms with Crippen molar-refractivity contribution in [1.29, 1.82) is 0 Å². The van der Waals surface area contributed by atoms with Crippen LogP contribution in [-0.4, -0.2) is 26.3 Å². The van der Waals surface area contributed by atoms with Crippen LogP contribution in [0.5, 0.6) is 0 Å². The van der Waals surface area contributed by atoms with Crippen LogP contribution in [0.2, 0.25) is 0 Å². The predicted molar refractivity (Wildman–Crippen MR) is 59.3 cm³/mol. The van der Waals surface area contributed by atoms with Crippen LogP contribution in [0.1, 0.15) is 6.42 Å². The number of H-pyrrole nitrogens is 1. The van der Waals surface area contributed by atoms with Crippen molar-refractivity contribution in [2.45, 2.75) is 11.6 Å². The Bertz CT molecular complexity index is 412. The third-order valence-electron chi connectivity index (χ3n) is 1.48. The van der Waals surface area contributed by atoms with Gasteiger partial charge in [0, 0.05) is 12.8 Å². The minimum Gasteiger partial charge on any atom is -0.265 e. The largest absolute Gasteiger partial charge is 0.339 e. The van der Waals surface area contributed by atoms with Gasteiger partial charge in [0.1, 0.15) is 0 Å². The highest BCUT2D eigenvalue weighted by Crippen LogP contribution is 2.12. The molecule has 0 fully saturated rings. The molecule has 0 amide bonds. The number of hydrogen-bond donors (Lipinski definition) is 2. The van der Waals surface area contributed by atoms with E-state index in [1.165, 1.54) is 16.4 Å². The van der Waals surface area contributed by atoms with Crippen LogP contribution < -0.4 is 11.1 Å². The summed E-state index contributed by atoms with van der Waals surface area (Å²) in [6.45, 7) is 0. The van der Waals surface area contributed by atoms with E-state index in [0.717, 1.165) is 17.9 Å². The van der Waals surface area contributed by atoms with E-state index in [1.54, 1.807) is 7.05 Å². The van der Waals surface area contributed by atoms with E-state index in [-0.39, 0.29) is 0 Å². The zero-order chi connectivity index (χ0) is 10.6. The molecule has 0 aliphatic heterocycles. The summed E-state index contributed by atoms with van der Waals surface area (Å²) in [5.41, 5.74) is -1.43. The Kier molecular flexibility index (Phi) is 4.27. The summed E-state index contributed by atoms with van der Waals surface area (Å²) >= 11 is 5.50. The summed E-state index contributed by atoms with van der Waals surface area (Å²) in [4.78, 5) is 25.4. The van der Waals surface area contributed by atoms with Crippen molar-refractivity contribution in [2.75, 3.05) is 11.5 Å². The molecule has 1 heterocycles. The quantitative estimate of drug-likeness (QED) is 0.329. The highest BCUT2D eigenvalue weighted by Gasteiger charge is 2.03. The molecule has 1 N–H and O–H groups in total. The standard InChI is InChI=1S/C7H11N3O2S2/c1-10-7(14-4-2-3-13)8-5(11)6(12)9-10/h13H,2-4H2,1H3,(H,9,12). The van der Waals surface area contributed by atoms with E-state index >= 15 is 0 Å². The molecule has 7 heteroatoms. The molecule has 5 nitrogen and oxygen atoms in total. The van der Waals surface area contributed by atoms with Gasteiger partial charge in [-0.3, -0.25) is 19.4 Å². The lowest BCUT2D eigenvalue weighted by Gasteiger charge is -2.04. The molecule has 1 aromatic heterocycles. The molecular weight excluding hydrogens is 222 g/mol. The van der Waals surface area contributed by atoms with Gasteiger partial charge in [0.2, 0.25) is 0 Å². The maximum absolute atomic E-state index is 10.9. The number of thiol groups is 1. The van der Waals surface area contributed by atoms with E-state index in [0.29, 0.717) is 5.16 Å². The molecule has 1 aromatic rings. The molecule has 0 bridgehead atoms. The molecule has 0 saturated carbocycles. The van der Waals surface area contributed by atoms with Crippen molar-refractivity contribution in [3.8, 4) is 0 Å². The Hall–Kier alpha value is -0.690. The summed E-state index contributed by atoms with van der Waals surface area (Å²) in [6.07, 6.45) is 0.933. The van der Waals surface area contributed by atoms with Gasteiger partial charge in [0.05, 0.1) is 0 Å². The second-order valence-corrected chi connectivity index (χ2v) is 4.13. The summed E-state index contributed by atoms with van der Waals surface area (Å²) < 4.78 is 1.45. The van der Waals surface area contributed by atoms with Crippen molar-refractivity contribution < 1.29 is 0 Å². The number of nitrogens with zero attached hydrogens (tertiary/aromatic N) is 2. The van der Waals surface area contributed by atoms with Crippen molar-refractivity contribution in [2.24, 2.45) is 7.05 Å². The topological polar surface area (TPSA) is 67.8 Å². The molecule has 78 valence electrons. The number of thioether (sulfide) groups is 1. The highest BCUT2D eigenvalue weighted by atomic mass is 32.2. The molecule has 0 radical (unpaired) electrons. The van der Waals surface area contributed by atoms with Crippen molar-refractivity contribution >= 4 is 24.4 Å². The number of aromatic nitrogens is 3. The number of rotatable bonds is 4. The van der Waals surface area contributed by atoms with Crippen LogP contribution in [0.25, 0.3) is 0 Å². The molecule has 0 atom stereocenters. The second kappa shape index (κ2) is 5.26. The molecular formula is C7H11N3O2S2. The lowest BCUT2D eigenvalue weighted by atomic mass is 10.6. The van der Waals surface area contributed by atoms with Crippen LogP contribution in [0.4, 0.5) is 0 Å². The Morgan fingerprint density at radius 3 is 2.93 bits per heavy atom. The van der Waals surface area contributed by atoms with Crippen molar-refractivity contribution in [1.82, 2.24) is 14.8 Å². The number of nitrogens with one attached hydrogen (secondary N) is 1. The van der Waals surface area contributed by atoms with E-state index in [1.807, 2.05) is 0 Å². The van der Waals surface area contributed by atoms with Gasteiger partial charge in [-0.25, -0.2) is 0 Å². The SMILES string of the molecule is Cn1[nH]c(=O)c(=O)nc1SCCCS. The normalized spacial score (nSPS) is 10.4. The van der Waals surface area contributed by atoms with Crippen molar-refractivity contribution in [3.63, 3.8) is 0 Å². The number of aryl methyl sites for hydroxylation is 1. The Morgan fingerprint density at radius 2 is 2.29 bits per heavy atom. The minimum atomic E-state index is -0.739. The lowest BCUT2D eigenvalue weighted by Crippen LogP contribution is -2.33. The first-order valence-electron chi connectivity index (χ1n) is 4.06. The zero-order valence-corrected chi connectivity index (χ0v) is 9.40. The summed E-state index contributed by atoms with van der Waals surface area (Å²) in [5, 5.41) is 2.90. The summed E-state index contributed by atoms with van der Waals surface area (Å²) in [5.74, 6) is 1.63. The monoisotopic (exact) mass is 233 g/mol. The molecule has 0 saturated heterocycles. The van der Waals surface area contributed by atoms with E-state index in [2.05, 4.69) is 22.7 Å². The van der Waals surface area contributed by atoms with E-state index in [4.69, 9.17) is 0 Å². The third-order valence-corrected chi connectivity index (χ3v) is 2.91. The lowest BCUT2D eigenvalue weighted by molar-refractivity contribution is 0.596. The third kappa shape index (κ3) is 2.91. The zero-order valence-electron chi connectivity index (χ0n) is 7.69. The Morgan fingerprint density at radius 1 is 1.57 bits per heavy atom. The van der Waals surface area contributed by atoms with Crippen LogP contribution in [0.3, 0.4) is 0 Å². The fourth-order valence-corrected chi connectivity index (χ4v) is 2.05. The predicted octanol–water partition coefficient (Wildman–Crippen LogP) is -0.119. The van der Waals surface area contributed by atoms with Gasteiger partial charge >= 0.3 is 11.1 Å². The maximum Gasteiger partial charge on any atom is 0.339 e. The van der Waals surface area contributed by atoms with Gasteiger partial charge in [-0.1, -0.05) is 11.8 Å². The molecule has 0 aliphatic rings. The molecule has 0 aliphatic carbocycles. The van der Waals surface area contributed by atoms with E-state index < -0.39 is 11.1 Å². The number of hydrogen-bond acceptors (Lipinski definition) is 5. The molecule has 14 heavy (non-hydrogen) atoms. The van der Waals surface area contributed by atoms with Crippen molar-refractivity contribution in [3.05, 3.63) is 20.7 Å². The molecule has 0 aromatic carbocycles. The average molecular weight is 233 g/mol. The average Bonchev–Trinajstić information content (AvgIpc) is 2.14. The molecule has 0 spiro atoms.